The first-order chi connectivity index (χ1) is 14.8. The summed E-state index contributed by atoms with van der Waals surface area (Å²) in [4.78, 5) is 13.4. The Hall–Kier alpha value is -0.480. The maximum atomic E-state index is 11.9. The summed E-state index contributed by atoms with van der Waals surface area (Å²) in [6.07, 6.45) is 6.55. The Balaban J connectivity index is 0.00000289. The van der Waals surface area contributed by atoms with Crippen LogP contribution in [0.2, 0.25) is 0 Å². The van der Waals surface area contributed by atoms with E-state index in [1.165, 1.54) is 38.5 Å². The van der Waals surface area contributed by atoms with E-state index in [1.54, 1.807) is 4.90 Å². The predicted molar refractivity (Wildman–Crippen MR) is 121 cm³/mol. The first-order valence-electron chi connectivity index (χ1n) is 12.1. The average Bonchev–Trinajstić information content (AvgIpc) is 2.70. The van der Waals surface area contributed by atoms with Crippen molar-refractivity contribution >= 4 is 18.3 Å². The van der Waals surface area contributed by atoms with Crippen molar-refractivity contribution in [3.63, 3.8) is 0 Å². The highest BCUT2D eigenvalue weighted by molar-refractivity contribution is 5.85. The molecule has 32 heavy (non-hydrogen) atoms. The van der Waals surface area contributed by atoms with Gasteiger partial charge >= 0.3 is 0 Å². The minimum Gasteiger partial charge on any atom is -0.395 e. The zero-order chi connectivity index (χ0) is 22.2. The minimum absolute atomic E-state index is 0. The maximum Gasteiger partial charge on any atom is 0.237 e. The molecule has 4 saturated carbocycles. The van der Waals surface area contributed by atoms with E-state index >= 15 is 0 Å². The first-order valence-corrected chi connectivity index (χ1v) is 12.1. The van der Waals surface area contributed by atoms with Crippen LogP contribution in [0.15, 0.2) is 0 Å². The lowest BCUT2D eigenvalue weighted by Crippen LogP contribution is -2.70. The Morgan fingerprint density at radius 1 is 0.938 bits per heavy atom. The first kappa shape index (κ1) is 26.1. The number of primary amides is 1. The number of amides is 1. The highest BCUT2D eigenvalue weighted by Gasteiger charge is 2.51. The lowest BCUT2D eigenvalue weighted by molar-refractivity contribution is -0.177. The average molecular weight is 477 g/mol. The molecule has 5 rings (SSSR count). The van der Waals surface area contributed by atoms with Crippen LogP contribution in [0, 0.1) is 23.2 Å². The molecule has 0 spiro atoms. The number of aliphatic hydroxyl groups is 4. The zero-order valence-electron chi connectivity index (χ0n) is 18.8. The van der Waals surface area contributed by atoms with Gasteiger partial charge in [-0.05, 0) is 87.5 Å². The molecule has 5 fully saturated rings. The number of nitrogens with zero attached hydrogens (tertiary/aromatic N) is 1. The monoisotopic (exact) mass is 476 g/mol. The summed E-state index contributed by atoms with van der Waals surface area (Å²) < 4.78 is 6.12. The number of carbonyl (C=O) groups excluding carboxylic acids is 1. The Morgan fingerprint density at radius 3 is 2.06 bits per heavy atom. The van der Waals surface area contributed by atoms with Gasteiger partial charge in [-0.1, -0.05) is 0 Å². The molecule has 4 aliphatic carbocycles. The van der Waals surface area contributed by atoms with Crippen LogP contribution < -0.4 is 5.73 Å². The van der Waals surface area contributed by atoms with Crippen molar-refractivity contribution in [2.45, 2.75) is 88.2 Å². The number of carbonyl (C=O) groups is 1. The molecule has 1 aliphatic heterocycles. The zero-order valence-corrected chi connectivity index (χ0v) is 19.7. The SMILES string of the molecule is Cl.NC(=O)[C@@H]1[C@H](O)[C@@H](O)[C@H](O)[C@@H](CO)N1CCCCCOCC12CC3CC(CC(C3)C1)C2. The molecule has 1 saturated heterocycles. The summed E-state index contributed by atoms with van der Waals surface area (Å²) in [5, 5.41) is 40.0. The number of piperidine rings is 1. The molecule has 0 aromatic heterocycles. The van der Waals surface area contributed by atoms with Gasteiger partial charge in [0, 0.05) is 6.61 Å². The van der Waals surface area contributed by atoms with E-state index in [0.29, 0.717) is 18.6 Å². The second-order valence-electron chi connectivity index (χ2n) is 10.8. The van der Waals surface area contributed by atoms with E-state index in [0.717, 1.165) is 43.6 Å². The highest BCUT2D eigenvalue weighted by atomic mass is 35.5. The fraction of sp³-hybridized carbons (Fsp3) is 0.957. The Bertz CT molecular complexity index is 602. The van der Waals surface area contributed by atoms with Gasteiger partial charge in [0.05, 0.1) is 19.3 Å². The number of hydrogen-bond acceptors (Lipinski definition) is 7. The highest BCUT2D eigenvalue weighted by Crippen LogP contribution is 2.60. The lowest BCUT2D eigenvalue weighted by atomic mass is 9.50. The van der Waals surface area contributed by atoms with Gasteiger partial charge in [0.2, 0.25) is 5.91 Å². The van der Waals surface area contributed by atoms with Crippen LogP contribution in [0.1, 0.15) is 57.8 Å². The van der Waals surface area contributed by atoms with Crippen LogP contribution in [-0.2, 0) is 9.53 Å². The minimum atomic E-state index is -1.51. The van der Waals surface area contributed by atoms with E-state index < -0.39 is 42.9 Å². The Morgan fingerprint density at radius 2 is 1.53 bits per heavy atom. The van der Waals surface area contributed by atoms with Crippen LogP contribution >= 0.6 is 12.4 Å². The third-order valence-corrected chi connectivity index (χ3v) is 8.46. The van der Waals surface area contributed by atoms with Gasteiger partial charge in [0.1, 0.15) is 24.4 Å². The molecule has 5 aliphatic rings. The van der Waals surface area contributed by atoms with Gasteiger partial charge < -0.3 is 30.9 Å². The number of unbranched alkanes of at least 4 members (excludes halogenated alkanes) is 2. The molecule has 5 atom stereocenters. The largest absolute Gasteiger partial charge is 0.395 e. The summed E-state index contributed by atoms with van der Waals surface area (Å²) >= 11 is 0. The maximum absolute atomic E-state index is 11.9. The summed E-state index contributed by atoms with van der Waals surface area (Å²) in [6.45, 7) is 1.57. The number of ether oxygens (including phenoxy) is 1. The molecular weight excluding hydrogens is 436 g/mol. The van der Waals surface area contributed by atoms with Gasteiger partial charge in [-0.15, -0.1) is 12.4 Å². The number of rotatable bonds is 10. The predicted octanol–water partition coefficient (Wildman–Crippen LogP) is 0.425. The van der Waals surface area contributed by atoms with Crippen molar-refractivity contribution in [2.24, 2.45) is 28.9 Å². The van der Waals surface area contributed by atoms with Gasteiger partial charge in [-0.3, -0.25) is 9.69 Å². The smallest absolute Gasteiger partial charge is 0.237 e. The number of aliphatic hydroxyl groups excluding tert-OH is 4. The summed E-state index contributed by atoms with van der Waals surface area (Å²) in [5.41, 5.74) is 5.86. The van der Waals surface area contributed by atoms with Gasteiger partial charge in [0.15, 0.2) is 0 Å². The second-order valence-corrected chi connectivity index (χ2v) is 10.8. The molecular formula is C23H41ClN2O6. The molecule has 1 heterocycles. The number of nitrogens with two attached hydrogens (primary N) is 1. The Kier molecular flexibility index (Phi) is 8.86. The van der Waals surface area contributed by atoms with Crippen LogP contribution in [0.5, 0.6) is 0 Å². The van der Waals surface area contributed by atoms with E-state index in [4.69, 9.17) is 10.5 Å². The summed E-state index contributed by atoms with van der Waals surface area (Å²) in [5.74, 6) is 2.03. The standard InChI is InChI=1S/C23H40N2O6.ClH/c24-22(30)18-20(28)21(29)19(27)17(12-26)25(18)4-2-1-3-5-31-13-23-9-14-6-15(10-23)8-16(7-14)11-23;/h14-21,26-29H,1-13H2,(H2,24,30);1H/t14?,15?,16?,17-,18+,19-,20+,21+,23?;/m1./s1. The molecule has 0 radical (unpaired) electrons. The molecule has 4 bridgehead atoms. The van der Waals surface area contributed by atoms with Crippen molar-refractivity contribution in [1.82, 2.24) is 4.90 Å². The van der Waals surface area contributed by atoms with Gasteiger partial charge in [-0.2, -0.15) is 0 Å². The van der Waals surface area contributed by atoms with Crippen molar-refractivity contribution < 1.29 is 30.0 Å². The van der Waals surface area contributed by atoms with Gasteiger partial charge in [-0.25, -0.2) is 0 Å². The van der Waals surface area contributed by atoms with E-state index in [-0.39, 0.29) is 12.4 Å². The van der Waals surface area contributed by atoms with Crippen LogP contribution in [-0.4, -0.2) is 88.0 Å². The second kappa shape index (κ2) is 10.8. The molecule has 8 nitrogen and oxygen atoms in total. The number of halogens is 1. The molecule has 9 heteroatoms. The topological polar surface area (TPSA) is 136 Å². The number of hydrogen-bond donors (Lipinski definition) is 5. The Labute approximate surface area is 196 Å². The quantitative estimate of drug-likeness (QED) is 0.288. The van der Waals surface area contributed by atoms with Crippen molar-refractivity contribution in [3.05, 3.63) is 0 Å². The summed E-state index contributed by atoms with van der Waals surface area (Å²) in [6, 6.07) is -1.95. The molecule has 0 aromatic rings. The molecule has 1 amide bonds. The number of likely N-dealkylation sites (tertiary alicyclic amines) is 1. The van der Waals surface area contributed by atoms with Crippen LogP contribution in [0.4, 0.5) is 0 Å². The molecule has 6 N–H and O–H groups in total. The molecule has 186 valence electrons. The van der Waals surface area contributed by atoms with Crippen molar-refractivity contribution in [3.8, 4) is 0 Å². The van der Waals surface area contributed by atoms with E-state index in [2.05, 4.69) is 0 Å². The van der Waals surface area contributed by atoms with Crippen LogP contribution in [0.3, 0.4) is 0 Å². The third kappa shape index (κ3) is 5.27. The fourth-order valence-electron chi connectivity index (χ4n) is 7.50. The lowest BCUT2D eigenvalue weighted by Gasteiger charge is -2.56. The van der Waals surface area contributed by atoms with E-state index in [1.807, 2.05) is 0 Å². The normalized spacial score (nSPS) is 43.2. The molecule has 0 unspecified atom stereocenters. The van der Waals surface area contributed by atoms with Crippen molar-refractivity contribution in [2.75, 3.05) is 26.4 Å². The third-order valence-electron chi connectivity index (χ3n) is 8.46. The van der Waals surface area contributed by atoms with Crippen LogP contribution in [0.25, 0.3) is 0 Å². The summed E-state index contributed by atoms with van der Waals surface area (Å²) in [7, 11) is 0. The van der Waals surface area contributed by atoms with Gasteiger partial charge in [0.25, 0.3) is 0 Å². The van der Waals surface area contributed by atoms with Crippen molar-refractivity contribution in [1.29, 1.82) is 0 Å². The molecule has 0 aromatic carbocycles. The van der Waals surface area contributed by atoms with E-state index in [9.17, 15) is 25.2 Å². The fourth-order valence-corrected chi connectivity index (χ4v) is 7.50.